The van der Waals surface area contributed by atoms with Gasteiger partial charge in [0.15, 0.2) is 0 Å². The summed E-state index contributed by atoms with van der Waals surface area (Å²) in [7, 11) is 0. The molecule has 2 N–H and O–H groups in total. The lowest BCUT2D eigenvalue weighted by molar-refractivity contribution is -0.142. The largest absolute Gasteiger partial charge is 0.508 e. The number of imidazole rings is 1. The van der Waals surface area contributed by atoms with Crippen molar-refractivity contribution < 1.29 is 31.4 Å². The van der Waals surface area contributed by atoms with Gasteiger partial charge >= 0.3 is 12.4 Å². The van der Waals surface area contributed by atoms with Crippen LogP contribution in [0.1, 0.15) is 11.1 Å². The number of rotatable bonds is 1. The number of halogens is 6. The van der Waals surface area contributed by atoms with Gasteiger partial charge in [-0.1, -0.05) is 6.07 Å². The van der Waals surface area contributed by atoms with Crippen LogP contribution in [-0.4, -0.2) is 15.1 Å². The van der Waals surface area contributed by atoms with E-state index in [9.17, 15) is 31.4 Å². The minimum absolute atomic E-state index is 0.0555. The minimum Gasteiger partial charge on any atom is -0.508 e. The second-order valence-corrected chi connectivity index (χ2v) is 5.04. The number of aromatic hydroxyl groups is 1. The van der Waals surface area contributed by atoms with Crippen LogP contribution >= 0.6 is 0 Å². The van der Waals surface area contributed by atoms with Crippen LogP contribution < -0.4 is 0 Å². The highest BCUT2D eigenvalue weighted by Gasteiger charge is 2.38. The van der Waals surface area contributed by atoms with E-state index >= 15 is 0 Å². The second-order valence-electron chi connectivity index (χ2n) is 5.04. The Balaban J connectivity index is 2.22. The summed E-state index contributed by atoms with van der Waals surface area (Å²) in [5.74, 6) is -0.363. The van der Waals surface area contributed by atoms with Crippen molar-refractivity contribution in [2.75, 3.05) is 0 Å². The van der Waals surface area contributed by atoms with E-state index in [2.05, 4.69) is 9.97 Å². The standard InChI is InChI=1S/C15H8F6N2O/c16-14(17,18)7-1-3-9(10(5-7)15(19,20)21)13-22-11-4-2-8(24)6-12(11)23-13/h1-6,24H,(H,22,23). The summed E-state index contributed by atoms with van der Waals surface area (Å²) < 4.78 is 77.6. The number of H-pyrrole nitrogens is 1. The zero-order chi connectivity index (χ0) is 17.7. The summed E-state index contributed by atoms with van der Waals surface area (Å²) >= 11 is 0. The Morgan fingerprint density at radius 3 is 2.21 bits per heavy atom. The molecule has 0 bridgehead atoms. The predicted octanol–water partition coefficient (Wildman–Crippen LogP) is 4.97. The molecular formula is C15H8F6N2O. The topological polar surface area (TPSA) is 48.9 Å². The van der Waals surface area contributed by atoms with Crippen LogP contribution in [0.2, 0.25) is 0 Å². The molecule has 0 atom stereocenters. The number of nitrogens with zero attached hydrogens (tertiary/aromatic N) is 1. The van der Waals surface area contributed by atoms with Crippen molar-refractivity contribution in [1.29, 1.82) is 0 Å². The van der Waals surface area contributed by atoms with Gasteiger partial charge in [-0.3, -0.25) is 0 Å². The van der Waals surface area contributed by atoms with Gasteiger partial charge in [0.25, 0.3) is 0 Å². The Morgan fingerprint density at radius 1 is 0.875 bits per heavy atom. The molecule has 0 aliphatic carbocycles. The lowest BCUT2D eigenvalue weighted by atomic mass is 10.0. The average Bonchev–Trinajstić information content (AvgIpc) is 2.87. The average molecular weight is 346 g/mol. The van der Waals surface area contributed by atoms with Gasteiger partial charge in [0, 0.05) is 11.6 Å². The third-order valence-electron chi connectivity index (χ3n) is 3.37. The maximum atomic E-state index is 13.2. The summed E-state index contributed by atoms with van der Waals surface area (Å²) in [6.07, 6.45) is -9.88. The lowest BCUT2D eigenvalue weighted by Gasteiger charge is -2.14. The number of nitrogens with one attached hydrogen (secondary N) is 1. The van der Waals surface area contributed by atoms with E-state index in [1.165, 1.54) is 18.2 Å². The zero-order valence-electron chi connectivity index (χ0n) is 11.6. The second kappa shape index (κ2) is 5.15. The van der Waals surface area contributed by atoms with Gasteiger partial charge in [0.1, 0.15) is 11.6 Å². The Kier molecular flexibility index (Phi) is 3.47. The fraction of sp³-hybridized carbons (Fsp3) is 0.133. The van der Waals surface area contributed by atoms with Gasteiger partial charge in [-0.05, 0) is 24.3 Å². The van der Waals surface area contributed by atoms with Crippen molar-refractivity contribution in [3.63, 3.8) is 0 Å². The monoisotopic (exact) mass is 346 g/mol. The minimum atomic E-state index is -4.99. The van der Waals surface area contributed by atoms with E-state index in [4.69, 9.17) is 0 Å². The van der Waals surface area contributed by atoms with Crippen molar-refractivity contribution in [1.82, 2.24) is 9.97 Å². The smallest absolute Gasteiger partial charge is 0.417 e. The molecule has 0 aliphatic rings. The molecule has 3 rings (SSSR count). The van der Waals surface area contributed by atoms with E-state index in [1.807, 2.05) is 0 Å². The maximum absolute atomic E-state index is 13.2. The molecule has 2 aromatic carbocycles. The Bertz CT molecular complexity index is 910. The molecule has 3 nitrogen and oxygen atoms in total. The Labute approximate surface area is 130 Å². The third kappa shape index (κ3) is 2.89. The molecule has 0 unspecified atom stereocenters. The number of alkyl halides is 6. The van der Waals surface area contributed by atoms with Crippen LogP contribution in [0.15, 0.2) is 36.4 Å². The number of aromatic amines is 1. The molecule has 0 saturated carbocycles. The highest BCUT2D eigenvalue weighted by molar-refractivity contribution is 5.81. The lowest BCUT2D eigenvalue weighted by Crippen LogP contribution is -2.12. The van der Waals surface area contributed by atoms with Crippen LogP contribution in [0.4, 0.5) is 26.3 Å². The van der Waals surface area contributed by atoms with Gasteiger partial charge in [-0.15, -0.1) is 0 Å². The van der Waals surface area contributed by atoms with Gasteiger partial charge in [-0.25, -0.2) is 4.98 Å². The van der Waals surface area contributed by atoms with Crippen LogP contribution in [0.25, 0.3) is 22.4 Å². The number of hydrogen-bond acceptors (Lipinski definition) is 2. The molecule has 24 heavy (non-hydrogen) atoms. The predicted molar refractivity (Wildman–Crippen MR) is 73.2 cm³/mol. The fourth-order valence-electron chi connectivity index (χ4n) is 2.29. The molecule has 0 radical (unpaired) electrons. The van der Waals surface area contributed by atoms with Crippen molar-refractivity contribution >= 4 is 11.0 Å². The molecule has 0 amide bonds. The van der Waals surface area contributed by atoms with Gasteiger partial charge in [0.05, 0.1) is 22.2 Å². The van der Waals surface area contributed by atoms with Crippen LogP contribution in [-0.2, 0) is 12.4 Å². The highest BCUT2D eigenvalue weighted by atomic mass is 19.4. The fourth-order valence-corrected chi connectivity index (χ4v) is 2.29. The van der Waals surface area contributed by atoms with Crippen LogP contribution in [0, 0.1) is 0 Å². The first-order valence-corrected chi connectivity index (χ1v) is 6.53. The number of phenols is 1. The van der Waals surface area contributed by atoms with E-state index in [-0.39, 0.29) is 28.7 Å². The Hall–Kier alpha value is -2.71. The summed E-state index contributed by atoms with van der Waals surface area (Å²) in [5.41, 5.74) is -2.81. The molecule has 0 aliphatic heterocycles. The van der Waals surface area contributed by atoms with Gasteiger partial charge < -0.3 is 10.1 Å². The van der Waals surface area contributed by atoms with E-state index in [0.717, 1.165) is 6.07 Å². The molecule has 3 aromatic rings. The summed E-state index contributed by atoms with van der Waals surface area (Å²) in [6.45, 7) is 0. The maximum Gasteiger partial charge on any atom is 0.417 e. The molecular weight excluding hydrogens is 338 g/mol. The first-order chi connectivity index (χ1) is 11.1. The number of phenolic OH excluding ortho intramolecular Hbond substituents is 1. The van der Waals surface area contributed by atoms with Crippen molar-refractivity contribution in [2.24, 2.45) is 0 Å². The first kappa shape index (κ1) is 16.2. The SMILES string of the molecule is Oc1ccc2nc(-c3ccc(C(F)(F)F)cc3C(F)(F)F)[nH]c2c1. The summed E-state index contributed by atoms with van der Waals surface area (Å²) in [4.78, 5) is 6.51. The van der Waals surface area contributed by atoms with Crippen molar-refractivity contribution in [3.8, 4) is 17.1 Å². The highest BCUT2D eigenvalue weighted by Crippen LogP contribution is 2.40. The number of aromatic nitrogens is 2. The van der Waals surface area contributed by atoms with E-state index in [0.29, 0.717) is 6.07 Å². The quantitative estimate of drug-likeness (QED) is 0.611. The molecule has 9 heteroatoms. The first-order valence-electron chi connectivity index (χ1n) is 6.53. The molecule has 0 saturated heterocycles. The molecule has 0 fully saturated rings. The van der Waals surface area contributed by atoms with Gasteiger partial charge in [-0.2, -0.15) is 26.3 Å². The van der Waals surface area contributed by atoms with Crippen LogP contribution in [0.3, 0.4) is 0 Å². The molecule has 1 heterocycles. The third-order valence-corrected chi connectivity index (χ3v) is 3.37. The van der Waals surface area contributed by atoms with E-state index in [1.54, 1.807) is 0 Å². The number of fused-ring (bicyclic) bond motifs is 1. The zero-order valence-corrected chi connectivity index (χ0v) is 11.6. The van der Waals surface area contributed by atoms with E-state index < -0.39 is 29.0 Å². The Morgan fingerprint density at radius 2 is 1.58 bits per heavy atom. The molecule has 126 valence electrons. The summed E-state index contributed by atoms with van der Waals surface area (Å²) in [6, 6.07) is 5.27. The van der Waals surface area contributed by atoms with Crippen LogP contribution in [0.5, 0.6) is 5.75 Å². The van der Waals surface area contributed by atoms with Gasteiger partial charge in [0.2, 0.25) is 0 Å². The molecule has 0 spiro atoms. The van der Waals surface area contributed by atoms with Crippen molar-refractivity contribution in [2.45, 2.75) is 12.4 Å². The number of hydrogen-bond donors (Lipinski definition) is 2. The molecule has 1 aromatic heterocycles. The normalized spacial score (nSPS) is 12.8. The summed E-state index contributed by atoms with van der Waals surface area (Å²) in [5, 5.41) is 9.37. The number of benzene rings is 2. The van der Waals surface area contributed by atoms with Crippen molar-refractivity contribution in [3.05, 3.63) is 47.5 Å².